The Morgan fingerprint density at radius 1 is 1.12 bits per heavy atom. The van der Waals surface area contributed by atoms with Crippen molar-refractivity contribution in [1.82, 2.24) is 4.90 Å². The number of allylic oxidation sites excluding steroid dienone is 1. The van der Waals surface area contributed by atoms with Gasteiger partial charge in [-0.05, 0) is 36.7 Å². The van der Waals surface area contributed by atoms with Gasteiger partial charge in [-0.3, -0.25) is 0 Å². The van der Waals surface area contributed by atoms with Gasteiger partial charge in [-0.1, -0.05) is 42.5 Å². The highest BCUT2D eigenvalue weighted by atomic mass is 15.1. The quantitative estimate of drug-likeness (QED) is 0.717. The average Bonchev–Trinajstić information content (AvgIpc) is 2.80. The SMILES string of the molecule is C1=CC2CN(CCc3ccccc3)CC2CC1. The molecule has 1 fully saturated rings. The highest BCUT2D eigenvalue weighted by Crippen LogP contribution is 2.31. The van der Waals surface area contributed by atoms with Crippen molar-refractivity contribution in [3.8, 4) is 0 Å². The summed E-state index contributed by atoms with van der Waals surface area (Å²) in [6.45, 7) is 3.83. The van der Waals surface area contributed by atoms with E-state index >= 15 is 0 Å². The summed E-state index contributed by atoms with van der Waals surface area (Å²) in [7, 11) is 0. The maximum absolute atomic E-state index is 2.65. The predicted molar refractivity (Wildman–Crippen MR) is 71.9 cm³/mol. The van der Waals surface area contributed by atoms with Gasteiger partial charge in [-0.25, -0.2) is 0 Å². The summed E-state index contributed by atoms with van der Waals surface area (Å²) in [5.41, 5.74) is 1.47. The lowest BCUT2D eigenvalue weighted by molar-refractivity contribution is 0.325. The molecule has 0 radical (unpaired) electrons. The molecule has 0 N–H and O–H groups in total. The molecule has 0 aromatic heterocycles. The molecule has 1 nitrogen and oxygen atoms in total. The zero-order chi connectivity index (χ0) is 11.5. The molecule has 1 aliphatic heterocycles. The van der Waals surface area contributed by atoms with Crippen molar-refractivity contribution in [2.24, 2.45) is 11.8 Å². The summed E-state index contributed by atoms with van der Waals surface area (Å²) < 4.78 is 0. The molecular formula is C16H21N. The number of likely N-dealkylation sites (tertiary alicyclic amines) is 1. The zero-order valence-corrected chi connectivity index (χ0v) is 10.4. The molecule has 17 heavy (non-hydrogen) atoms. The highest BCUT2D eigenvalue weighted by molar-refractivity contribution is 5.15. The first-order valence-corrected chi connectivity index (χ1v) is 6.85. The van der Waals surface area contributed by atoms with Gasteiger partial charge in [0.05, 0.1) is 0 Å². The predicted octanol–water partition coefficient (Wildman–Crippen LogP) is 3.13. The van der Waals surface area contributed by atoms with Crippen LogP contribution in [0.2, 0.25) is 0 Å². The first kappa shape index (κ1) is 11.0. The smallest absolute Gasteiger partial charge is 0.00477 e. The van der Waals surface area contributed by atoms with Crippen LogP contribution in [0.3, 0.4) is 0 Å². The van der Waals surface area contributed by atoms with Crippen molar-refractivity contribution in [2.45, 2.75) is 19.3 Å². The number of hydrogen-bond acceptors (Lipinski definition) is 1. The van der Waals surface area contributed by atoms with Gasteiger partial charge in [-0.15, -0.1) is 0 Å². The van der Waals surface area contributed by atoms with Crippen LogP contribution in [0.25, 0.3) is 0 Å². The molecule has 90 valence electrons. The monoisotopic (exact) mass is 227 g/mol. The lowest BCUT2D eigenvalue weighted by Crippen LogP contribution is -2.23. The molecule has 0 amide bonds. The summed E-state index contributed by atoms with van der Waals surface area (Å²) in [5, 5.41) is 0. The van der Waals surface area contributed by atoms with Gasteiger partial charge < -0.3 is 4.90 Å². The summed E-state index contributed by atoms with van der Waals surface area (Å²) in [6, 6.07) is 10.9. The van der Waals surface area contributed by atoms with E-state index in [4.69, 9.17) is 0 Å². The molecule has 2 aliphatic rings. The van der Waals surface area contributed by atoms with E-state index in [1.807, 2.05) is 0 Å². The van der Waals surface area contributed by atoms with Crippen molar-refractivity contribution < 1.29 is 0 Å². The van der Waals surface area contributed by atoms with E-state index in [2.05, 4.69) is 47.4 Å². The van der Waals surface area contributed by atoms with Crippen LogP contribution in [0.1, 0.15) is 18.4 Å². The summed E-state index contributed by atoms with van der Waals surface area (Å²) >= 11 is 0. The second-order valence-electron chi connectivity index (χ2n) is 5.42. The maximum Gasteiger partial charge on any atom is 0.00477 e. The second-order valence-corrected chi connectivity index (χ2v) is 5.42. The number of nitrogens with zero attached hydrogens (tertiary/aromatic N) is 1. The number of rotatable bonds is 3. The Kier molecular flexibility index (Phi) is 3.28. The van der Waals surface area contributed by atoms with Gasteiger partial charge in [0.2, 0.25) is 0 Å². The van der Waals surface area contributed by atoms with Crippen LogP contribution in [0, 0.1) is 11.8 Å². The molecule has 2 atom stereocenters. The van der Waals surface area contributed by atoms with E-state index in [-0.39, 0.29) is 0 Å². The minimum absolute atomic E-state index is 0.847. The van der Waals surface area contributed by atoms with Crippen LogP contribution in [0.4, 0.5) is 0 Å². The van der Waals surface area contributed by atoms with E-state index in [9.17, 15) is 0 Å². The molecule has 0 bridgehead atoms. The topological polar surface area (TPSA) is 3.24 Å². The van der Waals surface area contributed by atoms with E-state index in [1.165, 1.54) is 44.5 Å². The van der Waals surface area contributed by atoms with Crippen molar-refractivity contribution in [3.05, 3.63) is 48.0 Å². The van der Waals surface area contributed by atoms with Gasteiger partial charge >= 0.3 is 0 Å². The van der Waals surface area contributed by atoms with Crippen molar-refractivity contribution >= 4 is 0 Å². The fourth-order valence-electron chi connectivity index (χ4n) is 3.21. The largest absolute Gasteiger partial charge is 0.302 e. The minimum atomic E-state index is 0.847. The summed E-state index contributed by atoms with van der Waals surface area (Å²) in [6.07, 6.45) is 8.74. The fourth-order valence-corrected chi connectivity index (χ4v) is 3.21. The summed E-state index contributed by atoms with van der Waals surface area (Å²) in [5.74, 6) is 1.79. The Morgan fingerprint density at radius 2 is 2.00 bits per heavy atom. The minimum Gasteiger partial charge on any atom is -0.302 e. The first-order chi connectivity index (χ1) is 8.42. The molecule has 1 aromatic rings. The van der Waals surface area contributed by atoms with Gasteiger partial charge in [0, 0.05) is 19.6 Å². The van der Waals surface area contributed by atoms with E-state index in [1.54, 1.807) is 0 Å². The van der Waals surface area contributed by atoms with E-state index in [0.29, 0.717) is 0 Å². The van der Waals surface area contributed by atoms with Crippen molar-refractivity contribution in [2.75, 3.05) is 19.6 Å². The van der Waals surface area contributed by atoms with Crippen LogP contribution in [-0.2, 0) is 6.42 Å². The molecule has 2 unspecified atom stereocenters. The van der Waals surface area contributed by atoms with Crippen molar-refractivity contribution in [3.63, 3.8) is 0 Å². The van der Waals surface area contributed by atoms with Crippen LogP contribution in [0.15, 0.2) is 42.5 Å². The normalized spacial score (nSPS) is 28.2. The average molecular weight is 227 g/mol. The standard InChI is InChI=1S/C16H21N/c1-2-6-14(7-3-1)10-11-17-12-15-8-4-5-9-16(15)13-17/h1-4,6-8,15-16H,5,9-13H2. The maximum atomic E-state index is 2.65. The molecule has 3 rings (SSSR count). The Morgan fingerprint density at radius 3 is 2.82 bits per heavy atom. The number of hydrogen-bond donors (Lipinski definition) is 0. The van der Waals surface area contributed by atoms with E-state index in [0.717, 1.165) is 11.8 Å². The van der Waals surface area contributed by atoms with Crippen molar-refractivity contribution in [1.29, 1.82) is 0 Å². The molecule has 0 spiro atoms. The fraction of sp³-hybridized carbons (Fsp3) is 0.500. The van der Waals surface area contributed by atoms with Crippen LogP contribution >= 0.6 is 0 Å². The molecule has 0 saturated carbocycles. The third kappa shape index (κ3) is 2.61. The third-order valence-electron chi connectivity index (χ3n) is 4.21. The van der Waals surface area contributed by atoms with Gasteiger partial charge in [0.15, 0.2) is 0 Å². The number of fused-ring (bicyclic) bond motifs is 1. The van der Waals surface area contributed by atoms with E-state index < -0.39 is 0 Å². The highest BCUT2D eigenvalue weighted by Gasteiger charge is 2.31. The zero-order valence-electron chi connectivity index (χ0n) is 10.4. The Balaban J connectivity index is 1.53. The molecule has 1 aliphatic carbocycles. The van der Waals surface area contributed by atoms with Gasteiger partial charge in [0.1, 0.15) is 0 Å². The van der Waals surface area contributed by atoms with Gasteiger partial charge in [-0.2, -0.15) is 0 Å². The van der Waals surface area contributed by atoms with Crippen LogP contribution < -0.4 is 0 Å². The Labute approximate surface area is 104 Å². The molecular weight excluding hydrogens is 206 g/mol. The summed E-state index contributed by atoms with van der Waals surface area (Å²) in [4.78, 5) is 2.65. The van der Waals surface area contributed by atoms with Crippen LogP contribution in [-0.4, -0.2) is 24.5 Å². The lowest BCUT2D eigenvalue weighted by Gasteiger charge is -2.17. The number of benzene rings is 1. The first-order valence-electron chi connectivity index (χ1n) is 6.85. The Bertz CT molecular complexity index is 382. The molecule has 1 aromatic carbocycles. The third-order valence-corrected chi connectivity index (χ3v) is 4.21. The van der Waals surface area contributed by atoms with Gasteiger partial charge in [0.25, 0.3) is 0 Å². The second kappa shape index (κ2) is 5.05. The molecule has 1 heterocycles. The molecule has 1 saturated heterocycles. The molecule has 1 heteroatoms. The Hall–Kier alpha value is -1.08. The lowest BCUT2D eigenvalue weighted by atomic mass is 9.87. The van der Waals surface area contributed by atoms with Crippen LogP contribution in [0.5, 0.6) is 0 Å².